The van der Waals surface area contributed by atoms with Crippen molar-refractivity contribution < 1.29 is 38.1 Å². The van der Waals surface area contributed by atoms with E-state index in [1.165, 1.54) is 0 Å². The molecule has 4 aromatic carbocycles. The SMILES string of the molecule is CCCC(C(=O)c1ccc(OC)c(-c2cccc(CC(=O)OCC)c2)c1)C(=O)c1ccc(OC)c(-c2cccc(CC(=O)OCC)c2)c1. The van der Waals surface area contributed by atoms with Gasteiger partial charge in [-0.2, -0.15) is 0 Å². The van der Waals surface area contributed by atoms with Crippen LogP contribution in [0.25, 0.3) is 22.3 Å². The Morgan fingerprint density at radius 2 is 1.02 bits per heavy atom. The van der Waals surface area contributed by atoms with Gasteiger partial charge in [0.1, 0.15) is 11.5 Å². The molecule has 0 fully saturated rings. The summed E-state index contributed by atoms with van der Waals surface area (Å²) >= 11 is 0. The first-order chi connectivity index (χ1) is 23.2. The van der Waals surface area contributed by atoms with Gasteiger partial charge in [0.15, 0.2) is 11.6 Å². The van der Waals surface area contributed by atoms with E-state index in [-0.39, 0.29) is 36.3 Å². The zero-order chi connectivity index (χ0) is 34.6. The predicted octanol–water partition coefficient (Wildman–Crippen LogP) is 7.73. The molecule has 4 aromatic rings. The maximum atomic E-state index is 14.1. The number of esters is 2. The lowest BCUT2D eigenvalue weighted by atomic mass is 9.85. The molecule has 0 heterocycles. The second-order valence-electron chi connectivity index (χ2n) is 11.3. The van der Waals surface area contributed by atoms with Crippen molar-refractivity contribution in [2.45, 2.75) is 46.5 Å². The molecule has 0 unspecified atom stereocenters. The molecule has 4 rings (SSSR count). The molecule has 0 N–H and O–H groups in total. The number of ketones is 2. The maximum Gasteiger partial charge on any atom is 0.310 e. The Kier molecular flexibility index (Phi) is 12.7. The standard InChI is InChI=1S/C40H42O8/c1-6-11-32(39(43)30-16-18-35(45-4)33(24-30)28-14-9-12-26(20-28)22-37(41)47-7-2)40(44)31-17-19-36(46-5)34(25-31)29-15-10-13-27(21-29)23-38(42)48-8-3/h9-10,12-21,24-25,32H,6-8,11,22-23H2,1-5H3. The number of hydrogen-bond donors (Lipinski definition) is 0. The number of carbonyl (C=O) groups excluding carboxylic acids is 4. The Morgan fingerprint density at radius 3 is 1.40 bits per heavy atom. The van der Waals surface area contributed by atoms with Gasteiger partial charge in [0.05, 0.1) is 46.2 Å². The van der Waals surface area contributed by atoms with Crippen LogP contribution in [-0.4, -0.2) is 50.9 Å². The predicted molar refractivity (Wildman–Crippen MR) is 185 cm³/mol. The van der Waals surface area contributed by atoms with Gasteiger partial charge < -0.3 is 18.9 Å². The molecule has 250 valence electrons. The topological polar surface area (TPSA) is 105 Å². The summed E-state index contributed by atoms with van der Waals surface area (Å²) < 4.78 is 21.5. The van der Waals surface area contributed by atoms with E-state index in [0.29, 0.717) is 59.8 Å². The average Bonchev–Trinajstić information content (AvgIpc) is 3.09. The molecule has 48 heavy (non-hydrogen) atoms. The van der Waals surface area contributed by atoms with E-state index >= 15 is 0 Å². The number of methoxy groups -OCH3 is 2. The van der Waals surface area contributed by atoms with Crippen LogP contribution in [0, 0.1) is 5.92 Å². The van der Waals surface area contributed by atoms with Crippen molar-refractivity contribution in [3.05, 3.63) is 107 Å². The molecule has 0 atom stereocenters. The Hall–Kier alpha value is -5.24. The fourth-order valence-electron chi connectivity index (χ4n) is 5.70. The first kappa shape index (κ1) is 35.6. The van der Waals surface area contributed by atoms with E-state index in [0.717, 1.165) is 22.3 Å². The van der Waals surface area contributed by atoms with Crippen LogP contribution in [0.3, 0.4) is 0 Å². The van der Waals surface area contributed by atoms with Gasteiger partial charge in [-0.05, 0) is 78.9 Å². The number of hydrogen-bond acceptors (Lipinski definition) is 8. The van der Waals surface area contributed by atoms with E-state index in [2.05, 4.69) is 0 Å². The van der Waals surface area contributed by atoms with Gasteiger partial charge in [-0.25, -0.2) is 0 Å². The van der Waals surface area contributed by atoms with Crippen LogP contribution in [0.4, 0.5) is 0 Å². The molecule has 0 bridgehead atoms. The number of carbonyl (C=O) groups is 4. The van der Waals surface area contributed by atoms with Crippen LogP contribution >= 0.6 is 0 Å². The lowest BCUT2D eigenvalue weighted by Gasteiger charge is -2.18. The van der Waals surface area contributed by atoms with Crippen LogP contribution in [0.1, 0.15) is 65.5 Å². The summed E-state index contributed by atoms with van der Waals surface area (Å²) in [7, 11) is 3.11. The van der Waals surface area contributed by atoms with Gasteiger partial charge in [-0.3, -0.25) is 19.2 Å². The Balaban J connectivity index is 1.67. The molecule has 0 radical (unpaired) electrons. The minimum atomic E-state index is -0.914. The van der Waals surface area contributed by atoms with Crippen molar-refractivity contribution in [3.8, 4) is 33.8 Å². The van der Waals surface area contributed by atoms with Crippen molar-refractivity contribution in [3.63, 3.8) is 0 Å². The Bertz CT molecular complexity index is 1650. The number of Topliss-reactive ketones (excluding diaryl/α,β-unsaturated/α-hetero) is 2. The van der Waals surface area contributed by atoms with E-state index in [1.54, 1.807) is 64.5 Å². The summed E-state index contributed by atoms with van der Waals surface area (Å²) in [6, 6.07) is 25.2. The van der Waals surface area contributed by atoms with E-state index in [4.69, 9.17) is 18.9 Å². The second-order valence-corrected chi connectivity index (χ2v) is 11.3. The highest BCUT2D eigenvalue weighted by Gasteiger charge is 2.29. The number of rotatable bonds is 16. The highest BCUT2D eigenvalue weighted by atomic mass is 16.5. The fourth-order valence-corrected chi connectivity index (χ4v) is 5.70. The first-order valence-corrected chi connectivity index (χ1v) is 16.2. The van der Waals surface area contributed by atoms with Crippen LogP contribution < -0.4 is 9.47 Å². The Morgan fingerprint density at radius 1 is 0.583 bits per heavy atom. The largest absolute Gasteiger partial charge is 0.496 e. The average molecular weight is 651 g/mol. The molecule has 0 aromatic heterocycles. The lowest BCUT2D eigenvalue weighted by molar-refractivity contribution is -0.143. The zero-order valence-corrected chi connectivity index (χ0v) is 28.2. The van der Waals surface area contributed by atoms with Crippen molar-refractivity contribution in [1.29, 1.82) is 0 Å². The summed E-state index contributed by atoms with van der Waals surface area (Å²) in [5.41, 5.74) is 5.19. The summed E-state index contributed by atoms with van der Waals surface area (Å²) in [6.45, 7) is 6.07. The van der Waals surface area contributed by atoms with Crippen molar-refractivity contribution in [1.82, 2.24) is 0 Å². The molecule has 0 aliphatic heterocycles. The molecule has 8 nitrogen and oxygen atoms in total. The highest BCUT2D eigenvalue weighted by Crippen LogP contribution is 2.35. The second kappa shape index (κ2) is 17.1. The van der Waals surface area contributed by atoms with E-state index in [9.17, 15) is 19.2 Å². The van der Waals surface area contributed by atoms with E-state index < -0.39 is 5.92 Å². The van der Waals surface area contributed by atoms with Crippen LogP contribution in [-0.2, 0) is 31.9 Å². The lowest BCUT2D eigenvalue weighted by Crippen LogP contribution is -2.24. The quantitative estimate of drug-likeness (QED) is 0.0689. The van der Waals surface area contributed by atoms with Crippen molar-refractivity contribution in [2.75, 3.05) is 27.4 Å². The van der Waals surface area contributed by atoms with Crippen LogP contribution in [0.5, 0.6) is 11.5 Å². The third kappa shape index (κ3) is 8.76. The smallest absolute Gasteiger partial charge is 0.310 e. The third-order valence-electron chi connectivity index (χ3n) is 7.96. The van der Waals surface area contributed by atoms with Crippen molar-refractivity contribution >= 4 is 23.5 Å². The monoisotopic (exact) mass is 650 g/mol. The fraction of sp³-hybridized carbons (Fsp3) is 0.300. The third-order valence-corrected chi connectivity index (χ3v) is 7.96. The summed E-state index contributed by atoms with van der Waals surface area (Å²) in [4.78, 5) is 52.4. The minimum Gasteiger partial charge on any atom is -0.496 e. The molecule has 0 amide bonds. The van der Waals surface area contributed by atoms with Gasteiger partial charge in [0.25, 0.3) is 0 Å². The molecule has 0 aliphatic rings. The molecule has 8 heteroatoms. The minimum absolute atomic E-state index is 0.120. The molecule has 0 saturated heterocycles. The van der Waals surface area contributed by atoms with Crippen molar-refractivity contribution in [2.24, 2.45) is 5.92 Å². The highest BCUT2D eigenvalue weighted by molar-refractivity contribution is 6.16. The first-order valence-electron chi connectivity index (χ1n) is 16.2. The number of benzene rings is 4. The molecule has 0 saturated carbocycles. The van der Waals surface area contributed by atoms with Crippen LogP contribution in [0.2, 0.25) is 0 Å². The van der Waals surface area contributed by atoms with Gasteiger partial charge >= 0.3 is 11.9 Å². The van der Waals surface area contributed by atoms with Gasteiger partial charge in [-0.15, -0.1) is 0 Å². The normalized spacial score (nSPS) is 10.8. The molecule has 0 spiro atoms. The Labute approximate surface area is 282 Å². The molecule has 0 aliphatic carbocycles. The molecular formula is C40H42O8. The van der Waals surface area contributed by atoms with Gasteiger partial charge in [0, 0.05) is 22.3 Å². The number of ether oxygens (including phenoxy) is 4. The molecular weight excluding hydrogens is 608 g/mol. The summed E-state index contributed by atoms with van der Waals surface area (Å²) in [5.74, 6) is -1.02. The maximum absolute atomic E-state index is 14.1. The van der Waals surface area contributed by atoms with Crippen LogP contribution in [0.15, 0.2) is 84.9 Å². The summed E-state index contributed by atoms with van der Waals surface area (Å²) in [6.07, 6.45) is 1.23. The van der Waals surface area contributed by atoms with Gasteiger partial charge in [-0.1, -0.05) is 61.9 Å². The van der Waals surface area contributed by atoms with Gasteiger partial charge in [0.2, 0.25) is 0 Å². The summed E-state index contributed by atoms with van der Waals surface area (Å²) in [5, 5.41) is 0. The van der Waals surface area contributed by atoms with E-state index in [1.807, 2.05) is 55.5 Å². The zero-order valence-electron chi connectivity index (χ0n) is 28.2.